The molecule has 0 saturated heterocycles. The van der Waals surface area contributed by atoms with E-state index in [4.69, 9.17) is 11.6 Å². The van der Waals surface area contributed by atoms with Gasteiger partial charge in [0.1, 0.15) is 0 Å². The Morgan fingerprint density at radius 3 is 2.56 bits per heavy atom. The van der Waals surface area contributed by atoms with Crippen LogP contribution in [0.3, 0.4) is 0 Å². The van der Waals surface area contributed by atoms with E-state index < -0.39 is 0 Å². The molecule has 0 bridgehead atoms. The van der Waals surface area contributed by atoms with E-state index in [-0.39, 0.29) is 18.2 Å². The van der Waals surface area contributed by atoms with Gasteiger partial charge in [-0.15, -0.1) is 0 Å². The molecule has 0 aromatic heterocycles. The first kappa shape index (κ1) is 19.0. The number of hydrogen-bond acceptors (Lipinski definition) is 2. The molecule has 0 aliphatic heterocycles. The first-order chi connectivity index (χ1) is 11.9. The molecule has 25 heavy (non-hydrogen) atoms. The molecule has 0 heterocycles. The van der Waals surface area contributed by atoms with Gasteiger partial charge in [-0.3, -0.25) is 9.59 Å². The summed E-state index contributed by atoms with van der Waals surface area (Å²) in [6.45, 7) is 5.75. The number of rotatable bonds is 6. The molecule has 132 valence electrons. The lowest BCUT2D eigenvalue weighted by Crippen LogP contribution is -2.32. The van der Waals surface area contributed by atoms with Crippen LogP contribution in [0.1, 0.15) is 31.4 Å². The minimum atomic E-state index is -0.119. The molecule has 0 aliphatic rings. The smallest absolute Gasteiger partial charge is 0.226 e. The second-order valence-corrected chi connectivity index (χ2v) is 6.35. The van der Waals surface area contributed by atoms with E-state index in [1.807, 2.05) is 44.2 Å². The van der Waals surface area contributed by atoms with Crippen LogP contribution in [0.15, 0.2) is 42.5 Å². The van der Waals surface area contributed by atoms with E-state index in [1.54, 1.807) is 17.0 Å². The molecular formula is C20H23ClN2O2. The SMILES string of the molecule is CCc1ccccc1NC(=O)CCN(C(C)=O)c1cc(Cl)ccc1C. The zero-order valence-corrected chi connectivity index (χ0v) is 15.6. The van der Waals surface area contributed by atoms with Gasteiger partial charge in [-0.2, -0.15) is 0 Å². The molecule has 2 amide bonds. The van der Waals surface area contributed by atoms with Gasteiger partial charge >= 0.3 is 0 Å². The van der Waals surface area contributed by atoms with Gasteiger partial charge < -0.3 is 10.2 Å². The van der Waals surface area contributed by atoms with Gasteiger partial charge in [0.05, 0.1) is 0 Å². The summed E-state index contributed by atoms with van der Waals surface area (Å²) >= 11 is 6.05. The van der Waals surface area contributed by atoms with E-state index >= 15 is 0 Å². The Morgan fingerprint density at radius 2 is 1.88 bits per heavy atom. The van der Waals surface area contributed by atoms with Crippen LogP contribution in [-0.4, -0.2) is 18.4 Å². The Labute approximate surface area is 153 Å². The molecule has 0 radical (unpaired) electrons. The minimum absolute atomic E-state index is 0.118. The summed E-state index contributed by atoms with van der Waals surface area (Å²) in [6.07, 6.45) is 1.06. The lowest BCUT2D eigenvalue weighted by molar-refractivity contribution is -0.117. The average molecular weight is 359 g/mol. The molecule has 0 spiro atoms. The van der Waals surface area contributed by atoms with E-state index in [9.17, 15) is 9.59 Å². The fourth-order valence-corrected chi connectivity index (χ4v) is 2.86. The topological polar surface area (TPSA) is 49.4 Å². The Balaban J connectivity index is 2.07. The molecule has 5 heteroatoms. The monoisotopic (exact) mass is 358 g/mol. The third-order valence-electron chi connectivity index (χ3n) is 4.08. The van der Waals surface area contributed by atoms with Crippen LogP contribution in [0.4, 0.5) is 11.4 Å². The Kier molecular flexibility index (Phi) is 6.59. The lowest BCUT2D eigenvalue weighted by Gasteiger charge is -2.23. The molecule has 4 nitrogen and oxygen atoms in total. The van der Waals surface area contributed by atoms with Gasteiger partial charge in [0.2, 0.25) is 11.8 Å². The number of nitrogens with zero attached hydrogens (tertiary/aromatic N) is 1. The van der Waals surface area contributed by atoms with Crippen LogP contribution in [0.5, 0.6) is 0 Å². The Morgan fingerprint density at radius 1 is 1.16 bits per heavy atom. The first-order valence-corrected chi connectivity index (χ1v) is 8.72. The molecule has 1 N–H and O–H groups in total. The van der Waals surface area contributed by atoms with Crippen molar-refractivity contribution in [3.63, 3.8) is 0 Å². The van der Waals surface area contributed by atoms with Gasteiger partial charge in [0.25, 0.3) is 0 Å². The molecule has 0 atom stereocenters. The highest BCUT2D eigenvalue weighted by Gasteiger charge is 2.16. The predicted molar refractivity (Wildman–Crippen MR) is 103 cm³/mol. The summed E-state index contributed by atoms with van der Waals surface area (Å²) in [6, 6.07) is 13.1. The second kappa shape index (κ2) is 8.67. The quantitative estimate of drug-likeness (QED) is 0.820. The third kappa shape index (κ3) is 5.07. The fraction of sp³-hybridized carbons (Fsp3) is 0.300. The Hall–Kier alpha value is -2.33. The van der Waals surface area contributed by atoms with Crippen molar-refractivity contribution in [3.05, 3.63) is 58.6 Å². The van der Waals surface area contributed by atoms with Crippen LogP contribution in [0, 0.1) is 6.92 Å². The summed E-state index contributed by atoms with van der Waals surface area (Å²) in [5, 5.41) is 3.49. The normalized spacial score (nSPS) is 10.4. The molecule has 0 fully saturated rings. The number of nitrogens with one attached hydrogen (secondary N) is 1. The highest BCUT2D eigenvalue weighted by atomic mass is 35.5. The van der Waals surface area contributed by atoms with Gasteiger partial charge in [0.15, 0.2) is 0 Å². The zero-order valence-electron chi connectivity index (χ0n) is 14.8. The van der Waals surface area contributed by atoms with E-state index in [0.29, 0.717) is 11.6 Å². The van der Waals surface area contributed by atoms with Crippen LogP contribution >= 0.6 is 11.6 Å². The largest absolute Gasteiger partial charge is 0.326 e. The van der Waals surface area contributed by atoms with Crippen LogP contribution in [0.2, 0.25) is 5.02 Å². The molecule has 2 aromatic carbocycles. The number of halogens is 1. The minimum Gasteiger partial charge on any atom is -0.326 e. The molecule has 2 rings (SSSR count). The number of para-hydroxylation sites is 1. The second-order valence-electron chi connectivity index (χ2n) is 5.91. The van der Waals surface area contributed by atoms with Gasteiger partial charge in [-0.1, -0.05) is 42.8 Å². The standard InChI is InChI=1S/C20H23ClN2O2/c1-4-16-7-5-6-8-18(16)22-20(25)11-12-23(15(3)24)19-13-17(21)10-9-14(19)2/h5-10,13H,4,11-12H2,1-3H3,(H,22,25). The number of carbonyl (C=O) groups excluding carboxylic acids is 2. The molecule has 2 aromatic rings. The summed E-state index contributed by atoms with van der Waals surface area (Å²) in [4.78, 5) is 25.9. The van der Waals surface area contributed by atoms with Gasteiger partial charge in [0, 0.05) is 36.3 Å². The van der Waals surface area contributed by atoms with Crippen LogP contribution in [0.25, 0.3) is 0 Å². The summed E-state index contributed by atoms with van der Waals surface area (Å²) < 4.78 is 0. The van der Waals surface area contributed by atoms with Crippen molar-refractivity contribution < 1.29 is 9.59 Å². The number of anilines is 2. The molecule has 0 saturated carbocycles. The van der Waals surface area contributed by atoms with Crippen molar-refractivity contribution in [2.75, 3.05) is 16.8 Å². The highest BCUT2D eigenvalue weighted by molar-refractivity contribution is 6.31. The maximum absolute atomic E-state index is 12.3. The Bertz CT molecular complexity index is 774. The zero-order chi connectivity index (χ0) is 18.4. The molecule has 0 aliphatic carbocycles. The maximum Gasteiger partial charge on any atom is 0.226 e. The van der Waals surface area contributed by atoms with E-state index in [0.717, 1.165) is 28.9 Å². The van der Waals surface area contributed by atoms with Crippen molar-refractivity contribution >= 4 is 34.8 Å². The number of hydrogen-bond donors (Lipinski definition) is 1. The predicted octanol–water partition coefficient (Wildman–Crippen LogP) is 4.59. The summed E-state index contributed by atoms with van der Waals surface area (Å²) in [5.41, 5.74) is 3.59. The molecular weight excluding hydrogens is 336 g/mol. The van der Waals surface area contributed by atoms with E-state index in [1.165, 1.54) is 6.92 Å². The highest BCUT2D eigenvalue weighted by Crippen LogP contribution is 2.25. The first-order valence-electron chi connectivity index (χ1n) is 8.34. The fourth-order valence-electron chi connectivity index (χ4n) is 2.70. The number of amides is 2. The lowest BCUT2D eigenvalue weighted by atomic mass is 10.1. The maximum atomic E-state index is 12.3. The van der Waals surface area contributed by atoms with Crippen molar-refractivity contribution in [2.24, 2.45) is 0 Å². The van der Waals surface area contributed by atoms with Crippen molar-refractivity contribution in [1.82, 2.24) is 0 Å². The summed E-state index contributed by atoms with van der Waals surface area (Å²) in [5.74, 6) is -0.237. The average Bonchev–Trinajstić information content (AvgIpc) is 2.58. The van der Waals surface area contributed by atoms with Crippen molar-refractivity contribution in [2.45, 2.75) is 33.6 Å². The molecule has 0 unspecified atom stereocenters. The van der Waals surface area contributed by atoms with Crippen LogP contribution in [-0.2, 0) is 16.0 Å². The number of aryl methyl sites for hydroxylation is 2. The summed E-state index contributed by atoms with van der Waals surface area (Å²) in [7, 11) is 0. The van der Waals surface area contributed by atoms with Gasteiger partial charge in [-0.05, 0) is 42.7 Å². The van der Waals surface area contributed by atoms with Crippen LogP contribution < -0.4 is 10.2 Å². The van der Waals surface area contributed by atoms with Crippen molar-refractivity contribution in [1.29, 1.82) is 0 Å². The van der Waals surface area contributed by atoms with Crippen molar-refractivity contribution in [3.8, 4) is 0 Å². The van der Waals surface area contributed by atoms with E-state index in [2.05, 4.69) is 5.32 Å². The third-order valence-corrected chi connectivity index (χ3v) is 4.31. The van der Waals surface area contributed by atoms with Gasteiger partial charge in [-0.25, -0.2) is 0 Å². The number of benzene rings is 2. The number of carbonyl (C=O) groups is 2.